The van der Waals surface area contributed by atoms with E-state index in [1.807, 2.05) is 86.7 Å². The molecular formula is C78H120ClF3N2O19S. The summed E-state index contributed by atoms with van der Waals surface area (Å²) in [6.45, 7) is 24.5. The van der Waals surface area contributed by atoms with Crippen molar-refractivity contribution in [2.24, 2.45) is 0 Å². The first kappa shape index (κ1) is 113. The maximum absolute atomic E-state index is 12.8. The summed E-state index contributed by atoms with van der Waals surface area (Å²) in [4.78, 5) is 3.30. The molecular weight excluding hydrogens is 1390 g/mol. The second kappa shape index (κ2) is 71.3. The number of aromatic nitrogens is 1. The summed E-state index contributed by atoms with van der Waals surface area (Å²) >= 11 is 8.06. The zero-order valence-electron chi connectivity index (χ0n) is 63.3. The van der Waals surface area contributed by atoms with E-state index in [1.165, 1.54) is 97.9 Å². The minimum atomic E-state index is -4.19. The molecule has 0 bridgehead atoms. The van der Waals surface area contributed by atoms with Gasteiger partial charge in [0.25, 0.3) is 0 Å². The SMILES string of the molecule is CCC(C)(C#N)c1ccccc1.CCC(C)(Cl)c1ccccc1.CCC(C)(c1ccccc1)C(F)(F)F.CCC(C)c1ccc2ccoc2c1.CCC(C)c1ccc2sccc2c1.CCC(C)c1cccc2[nH]c3ccccc3c12.CO.CO.CO.CO.CO.CO.OO.OO.OO.OO.OO.OO. The number of H-pyrrole nitrogens is 1. The molecule has 0 amide bonds. The predicted molar refractivity (Wildman–Crippen MR) is 420 cm³/mol. The van der Waals surface area contributed by atoms with Gasteiger partial charge in [-0.15, -0.1) is 22.9 Å². The van der Waals surface area contributed by atoms with E-state index in [0.29, 0.717) is 23.3 Å². The van der Waals surface area contributed by atoms with Gasteiger partial charge in [-0.2, -0.15) is 18.4 Å². The molecule has 6 atom stereocenters. The second-order valence-electron chi connectivity index (χ2n) is 21.4. The Labute approximate surface area is 621 Å². The largest absolute Gasteiger partial charge is 0.464 e. The van der Waals surface area contributed by atoms with Gasteiger partial charge in [0.15, 0.2) is 0 Å². The summed E-state index contributed by atoms with van der Waals surface area (Å²) in [6.07, 6.45) is 2.99. The van der Waals surface area contributed by atoms with Gasteiger partial charge < -0.3 is 40.0 Å². The normalized spacial score (nSPS) is 11.8. The number of furan rings is 1. The van der Waals surface area contributed by atoms with Crippen LogP contribution in [0.4, 0.5) is 13.2 Å². The topological polar surface area (TPSA) is 417 Å². The second-order valence-corrected chi connectivity index (χ2v) is 23.2. The molecule has 0 saturated carbocycles. The smallest absolute Gasteiger partial charge is 0.398 e. The molecule has 19 N–H and O–H groups in total. The fourth-order valence-electron chi connectivity index (χ4n) is 9.12. The highest BCUT2D eigenvalue weighted by Gasteiger charge is 2.50. The van der Waals surface area contributed by atoms with Gasteiger partial charge in [0.1, 0.15) is 5.58 Å². The standard InChI is InChI=1S/C16H17N.C12H14O.C12H14S.C11H13F3.C11H13N.C10H13Cl.6CH4O.6H2O2/c1-3-11(2)12-8-6-10-15-16(12)13-7-4-5-9-14(13)17-15;1-3-9(2)11-5-4-10-6-7-13-12(10)8-11;1-3-9(2)10-4-5-12-11(8-10)6-7-13-12;1-3-10(2,11(12,13)14)9-7-5-4-6-8-9;1-3-11(2,9-12)10-7-5-4-6-8-10;1-3-10(2,11)9-7-5-4-6-8-9;12*1-2/h4-11,17H,3H2,1-2H3;2*4-9H,3H2,1-2H3;4-8H,3H2,1-2H3;4-8H,3H2,1-2H3;4-8H,3H2,1-2H3;6*2H,1H3;6*1-2H. The summed E-state index contributed by atoms with van der Waals surface area (Å²) in [5.74, 6) is 1.91. The molecule has 0 radical (unpaired) electrons. The summed E-state index contributed by atoms with van der Waals surface area (Å²) in [7, 11) is 6.00. The number of nitrogens with zero attached hydrogens (tertiary/aromatic N) is 1. The third-order valence-corrected chi connectivity index (χ3v) is 17.6. The molecule has 0 spiro atoms. The summed E-state index contributed by atoms with van der Waals surface area (Å²) in [6, 6.07) is 63.1. The van der Waals surface area contributed by atoms with E-state index in [4.69, 9.17) is 115 Å². The molecule has 0 saturated heterocycles. The number of nitriles is 1. The Morgan fingerprint density at radius 3 is 1.29 bits per heavy atom. The molecule has 7 aromatic carbocycles. The van der Waals surface area contributed by atoms with Crippen molar-refractivity contribution in [1.82, 2.24) is 4.98 Å². The number of hydrogen-bond acceptors (Lipinski definition) is 21. The van der Waals surface area contributed by atoms with E-state index in [0.717, 1.165) is 66.6 Å². The van der Waals surface area contributed by atoms with Crippen molar-refractivity contribution >= 4 is 65.8 Å². The maximum atomic E-state index is 12.8. The van der Waals surface area contributed by atoms with Crippen molar-refractivity contribution in [2.75, 3.05) is 42.7 Å². The first-order valence-electron chi connectivity index (χ1n) is 32.4. The molecule has 3 heterocycles. The monoisotopic (exact) mass is 1510 g/mol. The van der Waals surface area contributed by atoms with Crippen LogP contribution in [0.15, 0.2) is 198 Å². The Balaban J connectivity index is -0.000000168. The first-order chi connectivity index (χ1) is 50.2. The van der Waals surface area contributed by atoms with E-state index in [-0.39, 0.29) is 16.7 Å². The van der Waals surface area contributed by atoms with Crippen LogP contribution in [0.2, 0.25) is 0 Å². The van der Waals surface area contributed by atoms with E-state index in [2.05, 4.69) is 162 Å². The molecule has 10 aromatic rings. The van der Waals surface area contributed by atoms with Crippen LogP contribution in [0, 0.1) is 11.3 Å². The van der Waals surface area contributed by atoms with Crippen LogP contribution in [0.5, 0.6) is 0 Å². The molecule has 3 aromatic heterocycles. The average Bonchev–Trinajstić information content (AvgIpc) is 1.57. The van der Waals surface area contributed by atoms with Crippen molar-refractivity contribution in [3.63, 3.8) is 0 Å². The molecule has 6 unspecified atom stereocenters. The Bertz CT molecular complexity index is 3410. The lowest BCUT2D eigenvalue weighted by atomic mass is 9.79. The first-order valence-corrected chi connectivity index (χ1v) is 33.6. The molecule has 104 heavy (non-hydrogen) atoms. The van der Waals surface area contributed by atoms with Gasteiger partial charge in [0.2, 0.25) is 0 Å². The van der Waals surface area contributed by atoms with Crippen LogP contribution >= 0.6 is 22.9 Å². The van der Waals surface area contributed by atoms with Gasteiger partial charge in [-0.25, -0.2) is 0 Å². The number of aliphatic hydroxyl groups excluding tert-OH is 6. The number of rotatable bonds is 12. The molecule has 10 rings (SSSR count). The van der Waals surface area contributed by atoms with Gasteiger partial charge in [-0.3, -0.25) is 63.1 Å². The number of alkyl halides is 4. The minimum absolute atomic E-state index is 0.0561. The number of aliphatic hydroxyl groups is 6. The van der Waals surface area contributed by atoms with Crippen LogP contribution in [0.25, 0.3) is 42.9 Å². The molecule has 26 heteroatoms. The van der Waals surface area contributed by atoms with E-state index < -0.39 is 11.6 Å². The fourth-order valence-corrected chi connectivity index (χ4v) is 10.0. The predicted octanol–water partition coefficient (Wildman–Crippen LogP) is 21.3. The van der Waals surface area contributed by atoms with Gasteiger partial charge in [0, 0.05) is 74.6 Å². The fraction of sp³-hybridized carbons (Fsp3) is 0.397. The van der Waals surface area contributed by atoms with Crippen LogP contribution in [0.1, 0.15) is 173 Å². The third kappa shape index (κ3) is 39.7. The summed E-state index contributed by atoms with van der Waals surface area (Å²) < 4.78 is 45.1. The minimum Gasteiger partial charge on any atom is -0.464 e. The molecule has 0 aliphatic rings. The van der Waals surface area contributed by atoms with Gasteiger partial charge in [-0.05, 0) is 158 Å². The maximum Gasteiger partial charge on any atom is 0.398 e. The molecule has 0 aliphatic heterocycles. The van der Waals surface area contributed by atoms with Crippen molar-refractivity contribution < 1.29 is 111 Å². The number of aromatic amines is 1. The number of para-hydroxylation sites is 1. The highest BCUT2D eigenvalue weighted by Crippen LogP contribution is 2.43. The Hall–Kier alpha value is -7.31. The molecule has 590 valence electrons. The number of thiophene rings is 1. The zero-order valence-corrected chi connectivity index (χ0v) is 64.8. The van der Waals surface area contributed by atoms with E-state index in [9.17, 15) is 13.2 Å². The third-order valence-electron chi connectivity index (χ3n) is 16.2. The molecule has 0 fully saturated rings. The lowest BCUT2D eigenvalue weighted by molar-refractivity contribution is -0.186. The number of fused-ring (bicyclic) bond motifs is 5. The highest BCUT2D eigenvalue weighted by atomic mass is 35.5. The Kier molecular flexibility index (Phi) is 77.2. The quantitative estimate of drug-likeness (QED) is 0.0307. The highest BCUT2D eigenvalue weighted by molar-refractivity contribution is 7.17. The van der Waals surface area contributed by atoms with Crippen molar-refractivity contribution in [1.29, 1.82) is 5.26 Å². The van der Waals surface area contributed by atoms with Crippen LogP contribution in [-0.4, -0.2) is 148 Å². The average molecular weight is 1510 g/mol. The van der Waals surface area contributed by atoms with Gasteiger partial charge in [-0.1, -0.05) is 208 Å². The number of hydrogen-bond donors (Lipinski definition) is 19. The van der Waals surface area contributed by atoms with Crippen LogP contribution < -0.4 is 0 Å². The van der Waals surface area contributed by atoms with Crippen LogP contribution in [0.3, 0.4) is 0 Å². The zero-order chi connectivity index (χ0) is 82.5. The van der Waals surface area contributed by atoms with Crippen molar-refractivity contribution in [2.45, 2.75) is 161 Å². The van der Waals surface area contributed by atoms with E-state index in [1.54, 1.807) is 31.4 Å². The van der Waals surface area contributed by atoms with Crippen molar-refractivity contribution in [3.05, 3.63) is 227 Å². The molecule has 0 aliphatic carbocycles. The van der Waals surface area contributed by atoms with Gasteiger partial charge in [0.05, 0.1) is 28.0 Å². The number of nitrogens with one attached hydrogen (secondary N) is 1. The Morgan fingerprint density at radius 1 is 0.452 bits per heavy atom. The molecule has 21 nitrogen and oxygen atoms in total. The number of benzene rings is 7. The summed E-state index contributed by atoms with van der Waals surface area (Å²) in [5.41, 5.74) is 8.37. The van der Waals surface area contributed by atoms with Crippen LogP contribution in [-0.2, 0) is 15.7 Å². The van der Waals surface area contributed by atoms with Gasteiger partial charge >= 0.3 is 6.18 Å². The lowest BCUT2D eigenvalue weighted by Gasteiger charge is -2.31. The number of halogens is 4. The van der Waals surface area contributed by atoms with E-state index >= 15 is 0 Å². The Morgan fingerprint density at radius 2 is 0.865 bits per heavy atom. The van der Waals surface area contributed by atoms with Crippen molar-refractivity contribution in [3.8, 4) is 6.07 Å². The lowest BCUT2D eigenvalue weighted by Crippen LogP contribution is -2.38. The summed E-state index contributed by atoms with van der Waals surface area (Å²) in [5, 5.41) is 130.